The molecule has 1 heteroatoms. The molecule has 0 amide bonds. The normalized spacial score (nSPS) is 15.3. The highest BCUT2D eigenvalue weighted by atomic mass is 35.5. The van der Waals surface area contributed by atoms with Crippen molar-refractivity contribution >= 4 is 12.4 Å². The first-order valence-electron chi connectivity index (χ1n) is 14.7. The molecule has 190 valence electrons. The summed E-state index contributed by atoms with van der Waals surface area (Å²) in [7, 11) is 0. The lowest BCUT2D eigenvalue weighted by Crippen LogP contribution is -2.30. The third kappa shape index (κ3) is 16.5. The van der Waals surface area contributed by atoms with Crippen molar-refractivity contribution < 1.29 is 0 Å². The lowest BCUT2D eigenvalue weighted by Gasteiger charge is -2.40. The number of unbranched alkanes of at least 4 members (excludes halogenated alkanes) is 8. The van der Waals surface area contributed by atoms with Crippen LogP contribution in [-0.4, -0.2) is 0 Å². The monoisotopic (exact) mass is 458 g/mol. The summed E-state index contributed by atoms with van der Waals surface area (Å²) in [4.78, 5) is 0. The minimum absolute atomic E-state index is 0. The Morgan fingerprint density at radius 1 is 0.323 bits per heavy atom. The molecular weight excluding hydrogens is 396 g/mol. The maximum absolute atomic E-state index is 2.41. The molecule has 0 heterocycles. The highest BCUT2D eigenvalue weighted by molar-refractivity contribution is 5.85. The van der Waals surface area contributed by atoms with Crippen LogP contribution >= 0.6 is 12.4 Å². The van der Waals surface area contributed by atoms with Crippen LogP contribution in [0.2, 0.25) is 0 Å². The summed E-state index contributed by atoms with van der Waals surface area (Å²) in [5.41, 5.74) is 0. The van der Waals surface area contributed by atoms with Gasteiger partial charge < -0.3 is 0 Å². The molecule has 0 saturated heterocycles. The molecule has 0 aromatic carbocycles. The molecule has 0 aliphatic rings. The Morgan fingerprint density at radius 2 is 0.581 bits per heavy atom. The van der Waals surface area contributed by atoms with E-state index in [0.29, 0.717) is 0 Å². The molecule has 0 N–H and O–H groups in total. The minimum atomic E-state index is 0. The van der Waals surface area contributed by atoms with Crippen molar-refractivity contribution in [1.29, 1.82) is 0 Å². The summed E-state index contributed by atoms with van der Waals surface area (Å²) in [6.07, 6.45) is 29.0. The van der Waals surface area contributed by atoms with Gasteiger partial charge in [0.2, 0.25) is 0 Å². The molecule has 0 spiro atoms. The van der Waals surface area contributed by atoms with E-state index in [1.54, 1.807) is 0 Å². The first-order chi connectivity index (χ1) is 14.7. The zero-order valence-corrected chi connectivity index (χ0v) is 23.7. The van der Waals surface area contributed by atoms with Gasteiger partial charge in [-0.2, -0.15) is 0 Å². The molecule has 0 aromatic heterocycles. The van der Waals surface area contributed by atoms with Crippen LogP contribution in [0.5, 0.6) is 0 Å². The summed E-state index contributed by atoms with van der Waals surface area (Å²) < 4.78 is 0. The lowest BCUT2D eigenvalue weighted by molar-refractivity contribution is 0.105. The molecule has 4 atom stereocenters. The topological polar surface area (TPSA) is 0 Å². The lowest BCUT2D eigenvalue weighted by atomic mass is 9.66. The maximum Gasteiger partial charge on any atom is -0.0355 e. The van der Waals surface area contributed by atoms with Gasteiger partial charge >= 0.3 is 0 Å². The van der Waals surface area contributed by atoms with Gasteiger partial charge in [0.1, 0.15) is 0 Å². The number of rotatable bonds is 23. The van der Waals surface area contributed by atoms with Crippen molar-refractivity contribution in [2.75, 3.05) is 0 Å². The maximum atomic E-state index is 2.41. The Bertz CT molecular complexity index is 294. The van der Waals surface area contributed by atoms with E-state index in [9.17, 15) is 0 Å². The first kappa shape index (κ1) is 33.5. The molecule has 0 aromatic rings. The van der Waals surface area contributed by atoms with Crippen LogP contribution in [0.3, 0.4) is 0 Å². The van der Waals surface area contributed by atoms with Gasteiger partial charge in [0, 0.05) is 0 Å². The molecule has 0 nitrogen and oxygen atoms in total. The van der Waals surface area contributed by atoms with Crippen LogP contribution in [0.1, 0.15) is 170 Å². The van der Waals surface area contributed by atoms with Crippen molar-refractivity contribution in [3.8, 4) is 0 Å². The highest BCUT2D eigenvalue weighted by Crippen LogP contribution is 2.43. The van der Waals surface area contributed by atoms with Crippen LogP contribution in [0.15, 0.2) is 0 Å². The zero-order valence-electron chi connectivity index (χ0n) is 22.9. The molecule has 4 unspecified atom stereocenters. The molecule has 0 aliphatic heterocycles. The predicted molar refractivity (Wildman–Crippen MR) is 148 cm³/mol. The summed E-state index contributed by atoms with van der Waals surface area (Å²) in [6, 6.07) is 0. The second-order valence-electron chi connectivity index (χ2n) is 10.4. The first-order valence-corrected chi connectivity index (χ1v) is 14.7. The average molecular weight is 459 g/mol. The largest absolute Gasteiger partial charge is 0.147 e. The Morgan fingerprint density at radius 3 is 0.871 bits per heavy atom. The fourth-order valence-electron chi connectivity index (χ4n) is 5.87. The Labute approximate surface area is 205 Å². The number of hydrogen-bond donors (Lipinski definition) is 0. The van der Waals surface area contributed by atoms with E-state index in [0.717, 1.165) is 23.7 Å². The van der Waals surface area contributed by atoms with E-state index in [1.165, 1.54) is 128 Å². The van der Waals surface area contributed by atoms with E-state index in [2.05, 4.69) is 41.5 Å². The average Bonchev–Trinajstić information content (AvgIpc) is 2.76. The van der Waals surface area contributed by atoms with Gasteiger partial charge in [-0.05, 0) is 36.5 Å². The van der Waals surface area contributed by atoms with Crippen LogP contribution in [0, 0.1) is 23.7 Å². The quantitative estimate of drug-likeness (QED) is 0.133. The molecule has 0 radical (unpaired) electrons. The molecule has 0 saturated carbocycles. The van der Waals surface area contributed by atoms with E-state index < -0.39 is 0 Å². The van der Waals surface area contributed by atoms with E-state index in [-0.39, 0.29) is 12.4 Å². The molecule has 0 aliphatic carbocycles. The van der Waals surface area contributed by atoms with Gasteiger partial charge in [-0.3, -0.25) is 0 Å². The van der Waals surface area contributed by atoms with E-state index >= 15 is 0 Å². The van der Waals surface area contributed by atoms with Gasteiger partial charge in [-0.25, -0.2) is 0 Å². The molecule has 0 fully saturated rings. The van der Waals surface area contributed by atoms with Gasteiger partial charge in [0.25, 0.3) is 0 Å². The predicted octanol–water partition coefficient (Wildman–Crippen LogP) is 11.8. The number of hydrogen-bond acceptors (Lipinski definition) is 0. The van der Waals surface area contributed by atoms with Crippen LogP contribution in [-0.2, 0) is 0 Å². The van der Waals surface area contributed by atoms with E-state index in [4.69, 9.17) is 0 Å². The molecule has 31 heavy (non-hydrogen) atoms. The van der Waals surface area contributed by atoms with Gasteiger partial charge in [-0.15, -0.1) is 12.4 Å². The van der Waals surface area contributed by atoms with Gasteiger partial charge in [-0.1, -0.05) is 157 Å². The van der Waals surface area contributed by atoms with Crippen LogP contribution < -0.4 is 0 Å². The summed E-state index contributed by atoms with van der Waals surface area (Å²) in [5.74, 6) is 4.01. The number of halogens is 1. The van der Waals surface area contributed by atoms with Crippen molar-refractivity contribution in [3.05, 3.63) is 0 Å². The van der Waals surface area contributed by atoms with E-state index in [1.807, 2.05) is 0 Å². The smallest absolute Gasteiger partial charge is 0.0355 e. The molecule has 0 rings (SSSR count). The summed E-state index contributed by atoms with van der Waals surface area (Å²) in [6.45, 7) is 14.3. The Hall–Kier alpha value is 0.290. The summed E-state index contributed by atoms with van der Waals surface area (Å²) >= 11 is 0. The standard InChI is InChI=1S/C30H62.ClH/c1-7-13-19-23-27(21-15-9-3)29(25-17-11-5)30(26-18-12-6)28(22-16-10-4)24-20-14-8-2;/h27-30H,7-26H2,1-6H3;1H. The highest BCUT2D eigenvalue weighted by Gasteiger charge is 2.33. The fraction of sp³-hybridized carbons (Fsp3) is 1.00. The molecular formula is C30H63Cl. The third-order valence-electron chi connectivity index (χ3n) is 7.76. The minimum Gasteiger partial charge on any atom is -0.147 e. The molecule has 0 bridgehead atoms. The van der Waals surface area contributed by atoms with Crippen molar-refractivity contribution in [3.63, 3.8) is 0 Å². The van der Waals surface area contributed by atoms with Crippen molar-refractivity contribution in [2.24, 2.45) is 23.7 Å². The Kier molecular flexibility index (Phi) is 26.9. The zero-order chi connectivity index (χ0) is 22.5. The van der Waals surface area contributed by atoms with Gasteiger partial charge in [0.05, 0.1) is 0 Å². The SMILES string of the molecule is CCCCCC(CCCC)C(CCCC)C(CCCC)C(CCCC)CCCCC.Cl. The fourth-order valence-corrected chi connectivity index (χ4v) is 5.87. The van der Waals surface area contributed by atoms with Crippen molar-refractivity contribution in [1.82, 2.24) is 0 Å². The third-order valence-corrected chi connectivity index (χ3v) is 7.76. The van der Waals surface area contributed by atoms with Crippen molar-refractivity contribution in [2.45, 2.75) is 170 Å². The summed E-state index contributed by atoms with van der Waals surface area (Å²) in [5, 5.41) is 0. The Balaban J connectivity index is 0. The second kappa shape index (κ2) is 24.9. The van der Waals surface area contributed by atoms with Crippen LogP contribution in [0.4, 0.5) is 0 Å². The van der Waals surface area contributed by atoms with Crippen LogP contribution in [0.25, 0.3) is 0 Å². The second-order valence-corrected chi connectivity index (χ2v) is 10.4. The van der Waals surface area contributed by atoms with Gasteiger partial charge in [0.15, 0.2) is 0 Å².